The Labute approximate surface area is 131 Å². The van der Waals surface area contributed by atoms with Gasteiger partial charge < -0.3 is 10.4 Å². The Morgan fingerprint density at radius 3 is 2.52 bits per heavy atom. The molecule has 0 aliphatic rings. The van der Waals surface area contributed by atoms with Crippen LogP contribution in [0.25, 0.3) is 0 Å². The first-order valence-corrected chi connectivity index (χ1v) is 7.48. The molecule has 5 nitrogen and oxygen atoms in total. The molecule has 0 aliphatic heterocycles. The number of hydrogen-bond acceptors (Lipinski definition) is 4. The Kier molecular flexibility index (Phi) is 6.10. The third-order valence-corrected chi connectivity index (χ3v) is 3.54. The number of aliphatic hydroxyl groups excluding tert-OH is 1. The number of aliphatic hydroxyl groups is 1. The van der Waals surface area contributed by atoms with E-state index >= 15 is 0 Å². The van der Waals surface area contributed by atoms with E-state index in [0.29, 0.717) is 12.2 Å². The van der Waals surface area contributed by atoms with Crippen LogP contribution in [0.2, 0.25) is 5.02 Å². The van der Waals surface area contributed by atoms with Crippen LogP contribution in [0.4, 0.5) is 0 Å². The summed E-state index contributed by atoms with van der Waals surface area (Å²) in [7, 11) is 0. The number of hydrogen-bond donors (Lipinski definition) is 2. The van der Waals surface area contributed by atoms with Crippen molar-refractivity contribution >= 4 is 17.5 Å². The molecule has 1 rings (SSSR count). The van der Waals surface area contributed by atoms with Gasteiger partial charge in [0.2, 0.25) is 0 Å². The van der Waals surface area contributed by atoms with Crippen molar-refractivity contribution in [1.82, 2.24) is 15.3 Å². The van der Waals surface area contributed by atoms with E-state index in [4.69, 9.17) is 16.7 Å². The van der Waals surface area contributed by atoms with Crippen molar-refractivity contribution in [3.05, 3.63) is 22.7 Å². The number of aromatic nitrogens is 2. The number of amides is 1. The van der Waals surface area contributed by atoms with Crippen molar-refractivity contribution < 1.29 is 9.90 Å². The molecule has 0 aromatic carbocycles. The molecule has 6 heteroatoms. The number of carbonyl (C=O) groups is 1. The Bertz CT molecular complexity index is 498. The number of nitrogens with zero attached hydrogens (tertiary/aromatic N) is 2. The molecule has 0 fully saturated rings. The lowest BCUT2D eigenvalue weighted by atomic mass is 9.85. The maximum Gasteiger partial charge on any atom is 0.271 e. The normalized spacial score (nSPS) is 13.3. The fraction of sp³-hybridized carbons (Fsp3) is 0.667. The maximum absolute atomic E-state index is 12.4. The van der Waals surface area contributed by atoms with E-state index in [1.807, 2.05) is 34.6 Å². The van der Waals surface area contributed by atoms with Gasteiger partial charge in [0, 0.05) is 18.6 Å². The molecule has 0 aliphatic carbocycles. The highest BCUT2D eigenvalue weighted by atomic mass is 35.5. The van der Waals surface area contributed by atoms with E-state index in [9.17, 15) is 4.79 Å². The smallest absolute Gasteiger partial charge is 0.271 e. The summed E-state index contributed by atoms with van der Waals surface area (Å²) in [5, 5.41) is 12.3. The zero-order chi connectivity index (χ0) is 16.2. The summed E-state index contributed by atoms with van der Waals surface area (Å²) in [6.45, 7) is 9.94. The molecule has 1 aromatic rings. The molecule has 0 bridgehead atoms. The number of nitrogens with one attached hydrogen (secondary N) is 1. The molecule has 0 unspecified atom stereocenters. The molecule has 118 valence electrons. The molecule has 1 aromatic heterocycles. The average Bonchev–Trinajstić information content (AvgIpc) is 2.37. The van der Waals surface area contributed by atoms with Crippen LogP contribution >= 0.6 is 11.6 Å². The Hall–Kier alpha value is -1.20. The molecule has 0 saturated carbocycles. The van der Waals surface area contributed by atoms with E-state index in [2.05, 4.69) is 15.3 Å². The van der Waals surface area contributed by atoms with Crippen molar-refractivity contribution in [3.63, 3.8) is 0 Å². The minimum absolute atomic E-state index is 0.0109. The highest BCUT2D eigenvalue weighted by molar-refractivity contribution is 6.33. The van der Waals surface area contributed by atoms with E-state index in [0.717, 1.165) is 0 Å². The van der Waals surface area contributed by atoms with Gasteiger partial charge in [0.25, 0.3) is 5.91 Å². The predicted octanol–water partition coefficient (Wildman–Crippen LogP) is 2.78. The van der Waals surface area contributed by atoms with Crippen molar-refractivity contribution in [3.8, 4) is 0 Å². The van der Waals surface area contributed by atoms with Gasteiger partial charge in [-0.05, 0) is 11.8 Å². The second kappa shape index (κ2) is 7.18. The van der Waals surface area contributed by atoms with Crippen LogP contribution in [-0.2, 0) is 0 Å². The van der Waals surface area contributed by atoms with Crippen LogP contribution in [0.5, 0.6) is 0 Å². The molecule has 0 radical (unpaired) electrons. The molecule has 0 saturated heterocycles. The molecule has 1 atom stereocenters. The van der Waals surface area contributed by atoms with Gasteiger partial charge in [0.1, 0.15) is 11.5 Å². The fourth-order valence-corrected chi connectivity index (χ4v) is 2.07. The second-order valence-electron chi connectivity index (χ2n) is 6.48. The van der Waals surface area contributed by atoms with Crippen LogP contribution in [-0.4, -0.2) is 33.6 Å². The molecule has 1 heterocycles. The minimum atomic E-state index is -0.335. The van der Waals surface area contributed by atoms with Crippen molar-refractivity contribution in [2.45, 2.75) is 53.0 Å². The first-order chi connectivity index (χ1) is 9.66. The lowest BCUT2D eigenvalue weighted by Gasteiger charge is -2.31. The molecular weight excluding hydrogens is 290 g/mol. The summed E-state index contributed by atoms with van der Waals surface area (Å²) >= 11 is 6.04. The monoisotopic (exact) mass is 313 g/mol. The van der Waals surface area contributed by atoms with Gasteiger partial charge in [0.15, 0.2) is 0 Å². The third-order valence-electron chi connectivity index (χ3n) is 3.26. The fourth-order valence-electron chi connectivity index (χ4n) is 1.90. The second-order valence-corrected chi connectivity index (χ2v) is 6.89. The van der Waals surface area contributed by atoms with Crippen LogP contribution in [0, 0.1) is 5.41 Å². The largest absolute Gasteiger partial charge is 0.396 e. The highest BCUT2D eigenvalue weighted by Crippen LogP contribution is 2.23. The molecule has 1 amide bonds. The van der Waals surface area contributed by atoms with Gasteiger partial charge in [-0.1, -0.05) is 46.2 Å². The van der Waals surface area contributed by atoms with Gasteiger partial charge in [-0.2, -0.15) is 0 Å². The topological polar surface area (TPSA) is 75.1 Å². The van der Waals surface area contributed by atoms with Crippen molar-refractivity contribution in [2.75, 3.05) is 6.61 Å². The first kappa shape index (κ1) is 17.9. The zero-order valence-electron chi connectivity index (χ0n) is 13.3. The molecular formula is C15H24ClN3O2. The lowest BCUT2D eigenvalue weighted by Crippen LogP contribution is -2.44. The number of rotatable bonds is 5. The zero-order valence-corrected chi connectivity index (χ0v) is 14.0. The minimum Gasteiger partial charge on any atom is -0.396 e. The lowest BCUT2D eigenvalue weighted by molar-refractivity contribution is 0.0879. The summed E-state index contributed by atoms with van der Waals surface area (Å²) in [6, 6.07) is -0.163. The summed E-state index contributed by atoms with van der Waals surface area (Å²) < 4.78 is 0. The Morgan fingerprint density at radius 2 is 2.05 bits per heavy atom. The quantitative estimate of drug-likeness (QED) is 0.876. The van der Waals surface area contributed by atoms with E-state index in [-0.39, 0.29) is 40.6 Å². The van der Waals surface area contributed by atoms with Crippen LogP contribution < -0.4 is 5.32 Å². The summed E-state index contributed by atoms with van der Waals surface area (Å²) in [5.74, 6) is 0.362. The van der Waals surface area contributed by atoms with Gasteiger partial charge in [0.05, 0.1) is 11.2 Å². The maximum atomic E-state index is 12.4. The third kappa shape index (κ3) is 4.93. The highest BCUT2D eigenvalue weighted by Gasteiger charge is 2.27. The van der Waals surface area contributed by atoms with Crippen molar-refractivity contribution in [1.29, 1.82) is 0 Å². The molecule has 21 heavy (non-hydrogen) atoms. The van der Waals surface area contributed by atoms with Gasteiger partial charge in [-0.3, -0.25) is 4.79 Å². The summed E-state index contributed by atoms with van der Waals surface area (Å²) in [5.41, 5.74) is 0.0150. The van der Waals surface area contributed by atoms with Crippen LogP contribution in [0.1, 0.15) is 63.3 Å². The number of carbonyl (C=O) groups excluding carboxylic acids is 1. The van der Waals surface area contributed by atoms with E-state index in [1.54, 1.807) is 0 Å². The van der Waals surface area contributed by atoms with E-state index < -0.39 is 0 Å². The SMILES string of the molecule is CC(C)c1ncc(Cl)c(C(=O)N[C@H](CCO)C(C)(C)C)n1. The molecule has 2 N–H and O–H groups in total. The Morgan fingerprint density at radius 1 is 1.43 bits per heavy atom. The first-order valence-electron chi connectivity index (χ1n) is 7.11. The predicted molar refractivity (Wildman–Crippen MR) is 83.5 cm³/mol. The van der Waals surface area contributed by atoms with Crippen molar-refractivity contribution in [2.24, 2.45) is 5.41 Å². The van der Waals surface area contributed by atoms with Crippen LogP contribution in [0.15, 0.2) is 6.20 Å². The Balaban J connectivity index is 2.99. The van der Waals surface area contributed by atoms with Gasteiger partial charge in [-0.15, -0.1) is 0 Å². The average molecular weight is 314 g/mol. The summed E-state index contributed by atoms with van der Waals surface area (Å²) in [6.07, 6.45) is 1.94. The van der Waals surface area contributed by atoms with Crippen LogP contribution in [0.3, 0.4) is 0 Å². The summed E-state index contributed by atoms with van der Waals surface area (Å²) in [4.78, 5) is 20.8. The standard InChI is InChI=1S/C15H24ClN3O2/c1-9(2)13-17-8-10(16)12(19-13)14(21)18-11(6-7-20)15(3,4)5/h8-9,11,20H,6-7H2,1-5H3,(H,18,21)/t11-/m1/s1. The van der Waals surface area contributed by atoms with E-state index in [1.165, 1.54) is 6.20 Å². The van der Waals surface area contributed by atoms with Gasteiger partial charge in [-0.25, -0.2) is 9.97 Å². The molecule has 0 spiro atoms. The number of halogens is 1. The van der Waals surface area contributed by atoms with Gasteiger partial charge >= 0.3 is 0 Å².